The van der Waals surface area contributed by atoms with Crippen LogP contribution in [-0.2, 0) is 15.6 Å². The smallest absolute Gasteiger partial charge is 0.191 e. The van der Waals surface area contributed by atoms with Crippen molar-refractivity contribution in [2.75, 3.05) is 19.3 Å². The van der Waals surface area contributed by atoms with Crippen molar-refractivity contribution in [3.63, 3.8) is 0 Å². The lowest BCUT2D eigenvalue weighted by molar-refractivity contribution is 0.589. The second kappa shape index (κ2) is 10.9. The van der Waals surface area contributed by atoms with Gasteiger partial charge in [0.2, 0.25) is 0 Å². The molecule has 5 nitrogen and oxygen atoms in total. The van der Waals surface area contributed by atoms with Gasteiger partial charge in [-0.2, -0.15) is 0 Å². The van der Waals surface area contributed by atoms with E-state index in [-0.39, 0.29) is 35.5 Å². The lowest BCUT2D eigenvalue weighted by Gasteiger charge is -2.16. The topological polar surface area (TPSA) is 70.6 Å². The summed E-state index contributed by atoms with van der Waals surface area (Å²) < 4.78 is 24.2. The highest BCUT2D eigenvalue weighted by atomic mass is 127. The molecule has 136 valence electrons. The molecule has 0 aliphatic heterocycles. The summed E-state index contributed by atoms with van der Waals surface area (Å²) in [6.07, 6.45) is 5.50. The Morgan fingerprint density at radius 2 is 1.88 bits per heavy atom. The molecule has 0 atom stereocenters. The van der Waals surface area contributed by atoms with E-state index in [2.05, 4.69) is 15.6 Å². The molecule has 0 saturated heterocycles. The van der Waals surface area contributed by atoms with Crippen LogP contribution in [0.15, 0.2) is 35.3 Å². The molecule has 2 rings (SSSR count). The van der Waals surface area contributed by atoms with Gasteiger partial charge in [0.05, 0.1) is 11.5 Å². The van der Waals surface area contributed by atoms with Gasteiger partial charge in [-0.25, -0.2) is 8.42 Å². The highest BCUT2D eigenvalue weighted by Crippen LogP contribution is 2.17. The van der Waals surface area contributed by atoms with Crippen molar-refractivity contribution in [2.24, 2.45) is 4.99 Å². The summed E-state index contributed by atoms with van der Waals surface area (Å²) in [4.78, 5) is 4.20. The van der Waals surface area contributed by atoms with Crippen LogP contribution >= 0.6 is 24.0 Å². The van der Waals surface area contributed by atoms with Gasteiger partial charge >= 0.3 is 0 Å². The fourth-order valence-corrected chi connectivity index (χ4v) is 4.29. The zero-order chi connectivity index (χ0) is 16.5. The Hall–Kier alpha value is -0.830. The minimum absolute atomic E-state index is 0. The third-order valence-electron chi connectivity index (χ3n) is 4.07. The van der Waals surface area contributed by atoms with Gasteiger partial charge in [-0.15, -0.1) is 24.0 Å². The van der Waals surface area contributed by atoms with Crippen LogP contribution in [-0.4, -0.2) is 39.8 Å². The third-order valence-corrected chi connectivity index (χ3v) is 5.76. The molecule has 1 fully saturated rings. The normalized spacial score (nSPS) is 15.8. The zero-order valence-electron chi connectivity index (χ0n) is 14.2. The molecule has 1 aromatic carbocycles. The van der Waals surface area contributed by atoms with Crippen molar-refractivity contribution in [1.29, 1.82) is 0 Å². The van der Waals surface area contributed by atoms with Crippen molar-refractivity contribution in [1.82, 2.24) is 10.6 Å². The first-order valence-corrected chi connectivity index (χ1v) is 10.1. The molecule has 2 N–H and O–H groups in total. The van der Waals surface area contributed by atoms with Gasteiger partial charge in [-0.05, 0) is 24.8 Å². The van der Waals surface area contributed by atoms with Crippen LogP contribution in [0.5, 0.6) is 0 Å². The minimum Gasteiger partial charge on any atom is -0.356 e. The van der Waals surface area contributed by atoms with E-state index in [1.807, 2.05) is 30.3 Å². The third kappa shape index (κ3) is 7.83. The standard InChI is InChI=1S/C17H27N3O2S.HI/c1-18-17(20-16-10-5-6-11-16)19-12-7-13-23(21,22)14-15-8-3-2-4-9-15;/h2-4,8-9,16H,5-7,10-14H2,1H3,(H2,18,19,20);1H. The number of nitrogens with one attached hydrogen (secondary N) is 2. The number of halogens is 1. The van der Waals surface area contributed by atoms with Crippen molar-refractivity contribution in [2.45, 2.75) is 43.9 Å². The number of aliphatic imine (C=N–C) groups is 1. The van der Waals surface area contributed by atoms with E-state index < -0.39 is 9.84 Å². The monoisotopic (exact) mass is 465 g/mol. The average Bonchev–Trinajstić information content (AvgIpc) is 3.04. The number of benzene rings is 1. The number of guanidine groups is 1. The molecule has 0 unspecified atom stereocenters. The summed E-state index contributed by atoms with van der Waals surface area (Å²) in [6.45, 7) is 0.612. The molecule has 0 radical (unpaired) electrons. The first kappa shape index (κ1) is 21.2. The van der Waals surface area contributed by atoms with E-state index in [0.29, 0.717) is 19.0 Å². The van der Waals surface area contributed by atoms with Gasteiger partial charge in [0.25, 0.3) is 0 Å². The molecule has 7 heteroatoms. The molecular formula is C17H28IN3O2S. The molecule has 1 aromatic rings. The van der Waals surface area contributed by atoms with Crippen LogP contribution in [0, 0.1) is 0 Å². The van der Waals surface area contributed by atoms with Crippen molar-refractivity contribution in [3.05, 3.63) is 35.9 Å². The molecule has 24 heavy (non-hydrogen) atoms. The van der Waals surface area contributed by atoms with Gasteiger partial charge < -0.3 is 10.6 Å². The van der Waals surface area contributed by atoms with Crippen LogP contribution in [0.3, 0.4) is 0 Å². The molecule has 0 amide bonds. The van der Waals surface area contributed by atoms with E-state index in [1.165, 1.54) is 25.7 Å². The van der Waals surface area contributed by atoms with Crippen molar-refractivity contribution >= 4 is 39.8 Å². The van der Waals surface area contributed by atoms with E-state index in [9.17, 15) is 8.42 Å². The van der Waals surface area contributed by atoms with Crippen LogP contribution < -0.4 is 10.6 Å². The highest BCUT2D eigenvalue weighted by Gasteiger charge is 2.16. The molecule has 1 saturated carbocycles. The second-order valence-electron chi connectivity index (χ2n) is 6.06. The van der Waals surface area contributed by atoms with Crippen molar-refractivity contribution in [3.8, 4) is 0 Å². The molecule has 0 bridgehead atoms. The minimum atomic E-state index is -3.06. The number of hydrogen-bond acceptors (Lipinski definition) is 3. The first-order valence-electron chi connectivity index (χ1n) is 8.30. The predicted molar refractivity (Wildman–Crippen MR) is 111 cm³/mol. The van der Waals surface area contributed by atoms with Crippen LogP contribution in [0.1, 0.15) is 37.7 Å². The van der Waals surface area contributed by atoms with E-state index in [0.717, 1.165) is 11.5 Å². The fraction of sp³-hybridized carbons (Fsp3) is 0.588. The maximum Gasteiger partial charge on any atom is 0.191 e. The number of nitrogens with zero attached hydrogens (tertiary/aromatic N) is 1. The molecule has 1 aliphatic carbocycles. The Kier molecular flexibility index (Phi) is 9.65. The summed E-state index contributed by atoms with van der Waals surface area (Å²) in [5, 5.41) is 6.60. The Morgan fingerprint density at radius 3 is 2.50 bits per heavy atom. The molecule has 1 aliphatic rings. The molecule has 0 spiro atoms. The van der Waals surface area contributed by atoms with E-state index in [4.69, 9.17) is 0 Å². The summed E-state index contributed by atoms with van der Waals surface area (Å²) in [5.74, 6) is 1.08. The van der Waals surface area contributed by atoms with Gasteiger partial charge in [0.1, 0.15) is 0 Å². The number of hydrogen-bond donors (Lipinski definition) is 2. The zero-order valence-corrected chi connectivity index (χ0v) is 17.3. The van der Waals surface area contributed by atoms with Gasteiger partial charge in [-0.3, -0.25) is 4.99 Å². The summed E-state index contributed by atoms with van der Waals surface area (Å²) in [7, 11) is -1.32. The maximum atomic E-state index is 12.1. The number of sulfone groups is 1. The van der Waals surface area contributed by atoms with Crippen LogP contribution in [0.25, 0.3) is 0 Å². The quantitative estimate of drug-likeness (QED) is 0.281. The first-order chi connectivity index (χ1) is 11.1. The van der Waals surface area contributed by atoms with Gasteiger partial charge in [0, 0.05) is 19.6 Å². The van der Waals surface area contributed by atoms with Crippen LogP contribution in [0.2, 0.25) is 0 Å². The summed E-state index contributed by atoms with van der Waals surface area (Å²) in [5.41, 5.74) is 0.846. The van der Waals surface area contributed by atoms with E-state index in [1.54, 1.807) is 7.05 Å². The lowest BCUT2D eigenvalue weighted by Crippen LogP contribution is -2.42. The molecule has 0 heterocycles. The predicted octanol–water partition coefficient (Wildman–Crippen LogP) is 2.72. The van der Waals surface area contributed by atoms with E-state index >= 15 is 0 Å². The Balaban J connectivity index is 0.00000288. The average molecular weight is 465 g/mol. The Morgan fingerprint density at radius 1 is 1.21 bits per heavy atom. The van der Waals surface area contributed by atoms with Gasteiger partial charge in [-0.1, -0.05) is 43.2 Å². The molecule has 0 aromatic heterocycles. The maximum absolute atomic E-state index is 12.1. The summed E-state index contributed by atoms with van der Waals surface area (Å²) >= 11 is 0. The second-order valence-corrected chi connectivity index (χ2v) is 8.24. The van der Waals surface area contributed by atoms with Crippen LogP contribution in [0.4, 0.5) is 0 Å². The largest absolute Gasteiger partial charge is 0.356 e. The Labute approximate surface area is 162 Å². The summed E-state index contributed by atoms with van der Waals surface area (Å²) in [6, 6.07) is 9.83. The SMILES string of the molecule is CN=C(NCCCS(=O)(=O)Cc1ccccc1)NC1CCCC1.I. The van der Waals surface area contributed by atoms with Gasteiger partial charge in [0.15, 0.2) is 15.8 Å². The number of rotatable bonds is 7. The van der Waals surface area contributed by atoms with Crippen molar-refractivity contribution < 1.29 is 8.42 Å². The lowest BCUT2D eigenvalue weighted by atomic mass is 10.2. The fourth-order valence-electron chi connectivity index (χ4n) is 2.86. The highest BCUT2D eigenvalue weighted by molar-refractivity contribution is 14.0. The Bertz CT molecular complexity index is 600. The molecular weight excluding hydrogens is 437 g/mol.